The lowest BCUT2D eigenvalue weighted by molar-refractivity contribution is 0.580. The van der Waals surface area contributed by atoms with Crippen molar-refractivity contribution < 1.29 is 21.2 Å². The highest BCUT2D eigenvalue weighted by Crippen LogP contribution is 2.15. The van der Waals surface area contributed by atoms with Gasteiger partial charge in [0.2, 0.25) is 20.0 Å². The van der Waals surface area contributed by atoms with E-state index >= 15 is 0 Å². The molecule has 0 saturated carbocycles. The lowest BCUT2D eigenvalue weighted by atomic mass is 10.2. The van der Waals surface area contributed by atoms with Gasteiger partial charge in [-0.15, -0.1) is 0 Å². The van der Waals surface area contributed by atoms with Gasteiger partial charge in [-0.1, -0.05) is 12.2 Å². The van der Waals surface area contributed by atoms with E-state index < -0.39 is 38.2 Å². The van der Waals surface area contributed by atoms with Crippen molar-refractivity contribution in [2.24, 2.45) is 10.9 Å². The SMILES string of the molecule is NC(=S)c1cc(S(=O)(=O)NCCS(N)(=O)=O)ccc1F. The second-order valence-electron chi connectivity index (χ2n) is 3.77. The van der Waals surface area contributed by atoms with Gasteiger partial charge in [0.15, 0.2) is 0 Å². The lowest BCUT2D eigenvalue weighted by Gasteiger charge is -2.08. The van der Waals surface area contributed by atoms with E-state index in [1.54, 1.807) is 0 Å². The Morgan fingerprint density at radius 3 is 2.40 bits per heavy atom. The molecule has 1 rings (SSSR count). The lowest BCUT2D eigenvalue weighted by Crippen LogP contribution is -2.31. The van der Waals surface area contributed by atoms with Crippen LogP contribution in [0.3, 0.4) is 0 Å². The van der Waals surface area contributed by atoms with Crippen LogP contribution in [-0.4, -0.2) is 34.1 Å². The molecule has 0 aromatic heterocycles. The van der Waals surface area contributed by atoms with Crippen LogP contribution in [0.2, 0.25) is 0 Å². The first-order valence-corrected chi connectivity index (χ1v) is 8.73. The van der Waals surface area contributed by atoms with E-state index in [-0.39, 0.29) is 15.4 Å². The van der Waals surface area contributed by atoms with Crippen molar-refractivity contribution in [2.45, 2.75) is 4.90 Å². The van der Waals surface area contributed by atoms with Crippen LogP contribution in [0.1, 0.15) is 5.56 Å². The minimum absolute atomic E-state index is 0.214. The number of halogens is 1. The smallest absolute Gasteiger partial charge is 0.240 e. The number of primary sulfonamides is 1. The van der Waals surface area contributed by atoms with Crippen LogP contribution in [0, 0.1) is 5.82 Å². The molecule has 11 heteroatoms. The Bertz CT molecular complexity index is 731. The average Bonchev–Trinajstić information content (AvgIpc) is 2.26. The molecule has 0 aliphatic carbocycles. The number of thiocarbonyl (C=S) groups is 1. The van der Waals surface area contributed by atoms with E-state index in [9.17, 15) is 21.2 Å². The van der Waals surface area contributed by atoms with Gasteiger partial charge in [-0.3, -0.25) is 0 Å². The number of benzene rings is 1. The predicted molar refractivity (Wildman–Crippen MR) is 75.5 cm³/mol. The molecular weight excluding hydrogens is 329 g/mol. The molecule has 0 saturated heterocycles. The molecule has 0 atom stereocenters. The third-order valence-corrected chi connectivity index (χ3v) is 4.64. The summed E-state index contributed by atoms with van der Waals surface area (Å²) in [6.07, 6.45) is 0. The van der Waals surface area contributed by atoms with Gasteiger partial charge >= 0.3 is 0 Å². The van der Waals surface area contributed by atoms with E-state index in [4.69, 9.17) is 10.9 Å². The van der Waals surface area contributed by atoms with E-state index in [0.29, 0.717) is 0 Å². The van der Waals surface area contributed by atoms with Crippen molar-refractivity contribution in [3.8, 4) is 0 Å². The van der Waals surface area contributed by atoms with Gasteiger partial charge in [0.1, 0.15) is 10.8 Å². The zero-order valence-electron chi connectivity index (χ0n) is 10.0. The minimum Gasteiger partial charge on any atom is -0.389 e. The zero-order chi connectivity index (χ0) is 15.6. The highest BCUT2D eigenvalue weighted by molar-refractivity contribution is 7.90. The molecule has 0 aliphatic heterocycles. The van der Waals surface area contributed by atoms with E-state index in [2.05, 4.69) is 12.2 Å². The number of hydrogen-bond donors (Lipinski definition) is 3. The van der Waals surface area contributed by atoms with Crippen LogP contribution in [0.5, 0.6) is 0 Å². The molecule has 1 aromatic rings. The van der Waals surface area contributed by atoms with Gasteiger partial charge in [0.05, 0.1) is 10.6 Å². The summed E-state index contributed by atoms with van der Waals surface area (Å²) >= 11 is 4.60. The van der Waals surface area contributed by atoms with Crippen LogP contribution in [0.25, 0.3) is 0 Å². The molecule has 20 heavy (non-hydrogen) atoms. The largest absolute Gasteiger partial charge is 0.389 e. The van der Waals surface area contributed by atoms with Gasteiger partial charge in [-0.25, -0.2) is 31.1 Å². The number of nitrogens with one attached hydrogen (secondary N) is 1. The maximum atomic E-state index is 13.3. The fourth-order valence-corrected chi connectivity index (χ4v) is 2.99. The molecule has 0 fully saturated rings. The molecule has 5 N–H and O–H groups in total. The van der Waals surface area contributed by atoms with Crippen molar-refractivity contribution in [1.82, 2.24) is 4.72 Å². The Balaban J connectivity index is 2.99. The second-order valence-corrected chi connectivity index (χ2v) is 7.71. The van der Waals surface area contributed by atoms with Crippen LogP contribution in [0.15, 0.2) is 23.1 Å². The van der Waals surface area contributed by atoms with Crippen LogP contribution >= 0.6 is 12.2 Å². The molecule has 0 unspecified atom stereocenters. The molecule has 112 valence electrons. The van der Waals surface area contributed by atoms with E-state index in [1.807, 2.05) is 4.72 Å². The van der Waals surface area contributed by atoms with E-state index in [1.165, 1.54) is 0 Å². The second kappa shape index (κ2) is 6.10. The Labute approximate surface area is 121 Å². The Kier molecular flexibility index (Phi) is 5.15. The van der Waals surface area contributed by atoms with Crippen molar-refractivity contribution in [1.29, 1.82) is 0 Å². The summed E-state index contributed by atoms with van der Waals surface area (Å²) in [4.78, 5) is -0.569. The Morgan fingerprint density at radius 1 is 1.30 bits per heavy atom. The molecule has 0 spiro atoms. The molecule has 0 bridgehead atoms. The van der Waals surface area contributed by atoms with E-state index in [0.717, 1.165) is 18.2 Å². The first-order chi connectivity index (χ1) is 9.03. The molecule has 0 aliphatic rings. The van der Waals surface area contributed by atoms with Gasteiger partial charge in [0, 0.05) is 12.1 Å². The monoisotopic (exact) mass is 341 g/mol. The van der Waals surface area contributed by atoms with Crippen molar-refractivity contribution >= 4 is 37.3 Å². The number of nitrogens with two attached hydrogens (primary N) is 2. The molecule has 7 nitrogen and oxygen atoms in total. The highest BCUT2D eigenvalue weighted by Gasteiger charge is 2.17. The highest BCUT2D eigenvalue weighted by atomic mass is 32.2. The van der Waals surface area contributed by atoms with Gasteiger partial charge in [0.25, 0.3) is 0 Å². The zero-order valence-corrected chi connectivity index (χ0v) is 12.5. The third-order valence-electron chi connectivity index (χ3n) is 2.19. The number of hydrogen-bond acceptors (Lipinski definition) is 5. The summed E-state index contributed by atoms with van der Waals surface area (Å²) in [5.41, 5.74) is 5.05. The molecule has 0 amide bonds. The molecule has 1 aromatic carbocycles. The fourth-order valence-electron chi connectivity index (χ4n) is 1.26. The van der Waals surface area contributed by atoms with Crippen molar-refractivity contribution in [2.75, 3.05) is 12.3 Å². The van der Waals surface area contributed by atoms with Crippen LogP contribution in [0.4, 0.5) is 4.39 Å². The standard InChI is InChI=1S/C9H12FN3O4S3/c10-8-2-1-6(5-7(8)9(11)18)20(16,17)13-3-4-19(12,14)15/h1-2,5,13H,3-4H2,(H2,11,18)(H2,12,14,15). The maximum Gasteiger partial charge on any atom is 0.240 e. The van der Waals surface area contributed by atoms with Crippen LogP contribution in [-0.2, 0) is 20.0 Å². The molecule has 0 radical (unpaired) electrons. The molecule has 0 heterocycles. The van der Waals surface area contributed by atoms with Gasteiger partial charge in [-0.2, -0.15) is 0 Å². The summed E-state index contributed by atoms with van der Waals surface area (Å²) in [6.45, 7) is -0.402. The summed E-state index contributed by atoms with van der Waals surface area (Å²) in [5, 5.41) is 4.74. The summed E-state index contributed by atoms with van der Waals surface area (Å²) in [5.74, 6) is -1.31. The summed E-state index contributed by atoms with van der Waals surface area (Å²) < 4.78 is 60.5. The fraction of sp³-hybridized carbons (Fsp3) is 0.222. The van der Waals surface area contributed by atoms with Crippen molar-refractivity contribution in [3.63, 3.8) is 0 Å². The van der Waals surface area contributed by atoms with Crippen molar-refractivity contribution in [3.05, 3.63) is 29.6 Å². The minimum atomic E-state index is -4.01. The Hall–Kier alpha value is -1.14. The third kappa shape index (κ3) is 4.76. The maximum absolute atomic E-state index is 13.3. The predicted octanol–water partition coefficient (Wildman–Crippen LogP) is -0.973. The average molecular weight is 341 g/mol. The quantitative estimate of drug-likeness (QED) is 0.570. The normalized spacial score (nSPS) is 12.3. The molecular formula is C9H12FN3O4S3. The Morgan fingerprint density at radius 2 is 1.90 bits per heavy atom. The van der Waals surface area contributed by atoms with Crippen LogP contribution < -0.4 is 15.6 Å². The first-order valence-electron chi connectivity index (χ1n) is 5.12. The number of rotatable bonds is 6. The summed E-state index contributed by atoms with van der Waals surface area (Å²) in [6, 6.07) is 2.88. The first kappa shape index (κ1) is 16.9. The number of sulfonamides is 2. The summed E-state index contributed by atoms with van der Waals surface area (Å²) in [7, 11) is -7.79. The van der Waals surface area contributed by atoms with Gasteiger partial charge in [-0.05, 0) is 18.2 Å². The topological polar surface area (TPSA) is 132 Å². The van der Waals surface area contributed by atoms with Gasteiger partial charge < -0.3 is 5.73 Å².